The summed E-state index contributed by atoms with van der Waals surface area (Å²) in [6.45, 7) is 3.30. The molecule has 2 heterocycles. The Morgan fingerprint density at radius 1 is 1.02 bits per heavy atom. The van der Waals surface area contributed by atoms with Crippen molar-refractivity contribution in [3.63, 3.8) is 0 Å². The molecule has 0 radical (unpaired) electrons. The van der Waals surface area contributed by atoms with Crippen molar-refractivity contribution in [2.75, 3.05) is 26.7 Å². The Kier molecular flexibility index (Phi) is 9.41. The number of phenolic OH excluding ortho intramolecular Hbond substituents is 1. The Morgan fingerprint density at radius 2 is 1.76 bits per heavy atom. The summed E-state index contributed by atoms with van der Waals surface area (Å²) in [5.41, 5.74) is 7.04. The minimum Gasteiger partial charge on any atom is -0.504 e. The van der Waals surface area contributed by atoms with Gasteiger partial charge in [0.2, 0.25) is 17.4 Å². The highest BCUT2D eigenvalue weighted by molar-refractivity contribution is 6.00. The number of ether oxygens (including phenoxy) is 4. The van der Waals surface area contributed by atoms with Crippen LogP contribution in [-0.2, 0) is 9.53 Å². The number of rotatable bonds is 11. The molecule has 46 heavy (non-hydrogen) atoms. The quantitative estimate of drug-likeness (QED) is 0.0785. The zero-order valence-electron chi connectivity index (χ0n) is 24.8. The first-order valence-corrected chi connectivity index (χ1v) is 14.0. The van der Waals surface area contributed by atoms with Crippen molar-refractivity contribution in [3.8, 4) is 40.5 Å². The van der Waals surface area contributed by atoms with Crippen molar-refractivity contribution >= 4 is 23.7 Å². The molecule has 5 rings (SSSR count). The summed E-state index contributed by atoms with van der Waals surface area (Å²) in [7, 11) is 1.90. The third-order valence-electron chi connectivity index (χ3n) is 6.62. The van der Waals surface area contributed by atoms with E-state index in [1.54, 1.807) is 37.3 Å². The number of carbonyl (C=O) groups excluding carboxylic acids is 1. The number of benzene rings is 3. The second kappa shape index (κ2) is 13.8. The molecule has 0 saturated heterocycles. The number of aromatic hydroxyl groups is 1. The highest BCUT2D eigenvalue weighted by Gasteiger charge is 2.27. The Hall–Kier alpha value is -5.98. The normalized spacial score (nSPS) is 12.6. The number of likely N-dealkylation sites (N-methyl/N-ethyl adjacent to an activating group) is 1. The molecule has 0 unspecified atom stereocenters. The van der Waals surface area contributed by atoms with Crippen molar-refractivity contribution < 1.29 is 37.6 Å². The van der Waals surface area contributed by atoms with Crippen LogP contribution in [0.1, 0.15) is 23.6 Å². The molecule has 0 amide bonds. The Morgan fingerprint density at radius 3 is 2.43 bits per heavy atom. The van der Waals surface area contributed by atoms with Gasteiger partial charge in [0.25, 0.3) is 11.8 Å². The summed E-state index contributed by atoms with van der Waals surface area (Å²) in [4.78, 5) is 22.0. The number of halogens is 2. The van der Waals surface area contributed by atoms with Gasteiger partial charge in [-0.2, -0.15) is 13.8 Å². The summed E-state index contributed by atoms with van der Waals surface area (Å²) in [6.07, 6.45) is 2.76. The lowest BCUT2D eigenvalue weighted by Crippen LogP contribution is -2.23. The molecule has 3 aromatic carbocycles. The average Bonchev–Trinajstić information content (AvgIpc) is 3.48. The number of esters is 1. The predicted molar refractivity (Wildman–Crippen MR) is 166 cm³/mol. The number of pyridine rings is 1. The summed E-state index contributed by atoms with van der Waals surface area (Å²) >= 11 is 0. The first kappa shape index (κ1) is 31.4. The SMILES string of the molecule is CCOC(=O)C=Cc1ccc(Oc2c(F)c(Oc3cccc(C4=NCCN4C)c3)nc(Oc3cc(C(=N)N)ccc3O)c2F)cc1. The fraction of sp³-hybridized carbons (Fsp3) is 0.152. The molecule has 236 valence electrons. The lowest BCUT2D eigenvalue weighted by molar-refractivity contribution is -0.137. The summed E-state index contributed by atoms with van der Waals surface area (Å²) in [5.74, 6) is -5.58. The highest BCUT2D eigenvalue weighted by atomic mass is 19.1. The van der Waals surface area contributed by atoms with Gasteiger partial charge in [0.05, 0.1) is 13.2 Å². The lowest BCUT2D eigenvalue weighted by Gasteiger charge is -2.16. The van der Waals surface area contributed by atoms with E-state index < -0.39 is 40.9 Å². The van der Waals surface area contributed by atoms with Crippen LogP contribution in [0.15, 0.2) is 77.8 Å². The molecule has 0 atom stereocenters. The van der Waals surface area contributed by atoms with Gasteiger partial charge < -0.3 is 34.7 Å². The van der Waals surface area contributed by atoms with Crippen LogP contribution in [0.4, 0.5) is 8.78 Å². The van der Waals surface area contributed by atoms with E-state index in [0.717, 1.165) is 17.9 Å². The number of aromatic nitrogens is 1. The second-order valence-corrected chi connectivity index (χ2v) is 9.89. The van der Waals surface area contributed by atoms with Gasteiger partial charge in [-0.05, 0) is 61.0 Å². The molecule has 0 bridgehead atoms. The van der Waals surface area contributed by atoms with Crippen molar-refractivity contribution in [2.45, 2.75) is 6.92 Å². The molecule has 4 aromatic rings. The summed E-state index contributed by atoms with van der Waals surface area (Å²) < 4.78 is 53.6. The van der Waals surface area contributed by atoms with Gasteiger partial charge in [0.15, 0.2) is 11.5 Å². The van der Waals surface area contributed by atoms with Gasteiger partial charge in [0, 0.05) is 30.8 Å². The van der Waals surface area contributed by atoms with E-state index in [2.05, 4.69) is 9.98 Å². The van der Waals surface area contributed by atoms with E-state index in [-0.39, 0.29) is 35.3 Å². The van der Waals surface area contributed by atoms with Crippen molar-refractivity contribution in [3.05, 3.63) is 101 Å². The van der Waals surface area contributed by atoms with Gasteiger partial charge in [-0.15, -0.1) is 0 Å². The van der Waals surface area contributed by atoms with Gasteiger partial charge in [-0.3, -0.25) is 10.4 Å². The van der Waals surface area contributed by atoms with Gasteiger partial charge >= 0.3 is 5.97 Å². The predicted octanol–water partition coefficient (Wildman–Crippen LogP) is 5.99. The molecule has 0 fully saturated rings. The Labute approximate surface area is 262 Å². The molecular formula is C33H29F2N5O6. The number of nitrogens with one attached hydrogen (secondary N) is 1. The highest BCUT2D eigenvalue weighted by Crippen LogP contribution is 2.41. The third-order valence-corrected chi connectivity index (χ3v) is 6.62. The number of hydrogen-bond acceptors (Lipinski definition) is 10. The zero-order valence-corrected chi connectivity index (χ0v) is 24.8. The number of nitrogens with two attached hydrogens (primary N) is 1. The molecule has 13 heteroatoms. The minimum absolute atomic E-state index is 0.0416. The minimum atomic E-state index is -1.33. The van der Waals surface area contributed by atoms with E-state index in [1.807, 2.05) is 18.0 Å². The van der Waals surface area contributed by atoms with E-state index in [1.165, 1.54) is 42.5 Å². The van der Waals surface area contributed by atoms with Crippen LogP contribution in [0, 0.1) is 17.0 Å². The topological polar surface area (TPSA) is 153 Å². The smallest absolute Gasteiger partial charge is 0.330 e. The molecular weight excluding hydrogens is 600 g/mol. The zero-order chi connectivity index (χ0) is 32.8. The fourth-order valence-electron chi connectivity index (χ4n) is 4.35. The van der Waals surface area contributed by atoms with E-state index >= 15 is 8.78 Å². The lowest BCUT2D eigenvalue weighted by atomic mass is 10.2. The number of nitrogens with zero attached hydrogens (tertiary/aromatic N) is 3. The largest absolute Gasteiger partial charge is 0.504 e. The molecule has 1 aliphatic rings. The molecule has 4 N–H and O–H groups in total. The second-order valence-electron chi connectivity index (χ2n) is 9.89. The van der Waals surface area contributed by atoms with Gasteiger partial charge in [0.1, 0.15) is 23.2 Å². The molecule has 1 aromatic heterocycles. The maximum atomic E-state index is 15.9. The third kappa shape index (κ3) is 7.21. The molecule has 0 spiro atoms. The standard InChI is InChI=1S/C33H29F2N5O6/c1-3-43-26(42)14-9-19-7-11-22(12-8-19)44-29-27(34)32(45-23-6-4-5-21(17-23)31-38-15-16-40(31)2)39-33(28(29)35)46-25-18-20(30(36)37)10-13-24(25)41/h4-14,17-18,41H,3,15-16H2,1-2H3,(H3,36,37). The van der Waals surface area contributed by atoms with E-state index in [9.17, 15) is 9.90 Å². The van der Waals surface area contributed by atoms with Crippen molar-refractivity contribution in [1.82, 2.24) is 9.88 Å². The Bertz CT molecular complexity index is 1850. The van der Waals surface area contributed by atoms with E-state index in [4.69, 9.17) is 30.1 Å². The maximum absolute atomic E-state index is 15.9. The Balaban J connectivity index is 1.51. The van der Waals surface area contributed by atoms with Crippen LogP contribution in [0.3, 0.4) is 0 Å². The van der Waals surface area contributed by atoms with Gasteiger partial charge in [-0.1, -0.05) is 24.3 Å². The number of phenols is 1. The van der Waals surface area contributed by atoms with Crippen LogP contribution in [0.25, 0.3) is 6.08 Å². The van der Waals surface area contributed by atoms with Crippen LogP contribution in [0.5, 0.6) is 40.5 Å². The number of amidine groups is 2. The van der Waals surface area contributed by atoms with Crippen LogP contribution >= 0.6 is 0 Å². The van der Waals surface area contributed by atoms with Crippen molar-refractivity contribution in [2.24, 2.45) is 10.7 Å². The number of hydrogen-bond donors (Lipinski definition) is 3. The summed E-state index contributed by atoms with van der Waals surface area (Å²) in [6, 6.07) is 16.5. The molecule has 1 aliphatic heterocycles. The number of nitrogen functional groups attached to an aromatic ring is 1. The maximum Gasteiger partial charge on any atom is 0.330 e. The van der Waals surface area contributed by atoms with Crippen LogP contribution in [0.2, 0.25) is 0 Å². The fourth-order valence-corrected chi connectivity index (χ4v) is 4.35. The van der Waals surface area contributed by atoms with E-state index in [0.29, 0.717) is 12.1 Å². The summed E-state index contributed by atoms with van der Waals surface area (Å²) in [5, 5.41) is 18.0. The number of carbonyl (C=O) groups is 1. The van der Waals surface area contributed by atoms with Crippen molar-refractivity contribution in [1.29, 1.82) is 5.41 Å². The molecule has 0 saturated carbocycles. The van der Waals surface area contributed by atoms with Crippen LogP contribution in [-0.4, -0.2) is 59.4 Å². The van der Waals surface area contributed by atoms with Crippen LogP contribution < -0.4 is 19.9 Å². The monoisotopic (exact) mass is 629 g/mol. The average molecular weight is 630 g/mol. The number of aliphatic imine (C=N–C) groups is 1. The first-order chi connectivity index (χ1) is 22.1. The molecule has 11 nitrogen and oxygen atoms in total. The molecule has 0 aliphatic carbocycles. The first-order valence-electron chi connectivity index (χ1n) is 14.0. The van der Waals surface area contributed by atoms with Gasteiger partial charge in [-0.25, -0.2) is 4.79 Å².